The van der Waals surface area contributed by atoms with Crippen LogP contribution in [0.3, 0.4) is 0 Å². The Balaban J connectivity index is 1.40. The van der Waals surface area contributed by atoms with Crippen molar-refractivity contribution < 1.29 is 9.59 Å². The molecule has 2 N–H and O–H groups in total. The van der Waals surface area contributed by atoms with Crippen LogP contribution in [-0.4, -0.2) is 52.7 Å². The number of likely N-dealkylation sites (tertiary alicyclic amines) is 1. The summed E-state index contributed by atoms with van der Waals surface area (Å²) >= 11 is 6.07. The highest BCUT2D eigenvalue weighted by molar-refractivity contribution is 6.30. The fraction of sp³-hybridized carbons (Fsp3) is 0.370. The molecule has 0 saturated carbocycles. The van der Waals surface area contributed by atoms with E-state index in [-0.39, 0.29) is 18.2 Å². The van der Waals surface area contributed by atoms with Crippen molar-refractivity contribution in [2.45, 2.75) is 39.0 Å². The Labute approximate surface area is 211 Å². The molecule has 35 heavy (non-hydrogen) atoms. The predicted molar refractivity (Wildman–Crippen MR) is 140 cm³/mol. The maximum atomic E-state index is 12.9. The first-order valence-electron chi connectivity index (χ1n) is 12.2. The van der Waals surface area contributed by atoms with Crippen LogP contribution in [0.15, 0.2) is 54.6 Å². The van der Waals surface area contributed by atoms with Crippen molar-refractivity contribution in [1.29, 1.82) is 0 Å². The molecule has 1 saturated heterocycles. The molecule has 0 atom stereocenters. The van der Waals surface area contributed by atoms with Crippen LogP contribution in [0, 0.1) is 6.92 Å². The minimum absolute atomic E-state index is 0.0102. The average molecular weight is 494 g/mol. The lowest BCUT2D eigenvalue weighted by atomic mass is 10.1. The van der Waals surface area contributed by atoms with Gasteiger partial charge in [0.2, 0.25) is 11.8 Å². The van der Waals surface area contributed by atoms with E-state index in [2.05, 4.69) is 15.5 Å². The van der Waals surface area contributed by atoms with E-state index >= 15 is 0 Å². The summed E-state index contributed by atoms with van der Waals surface area (Å²) in [5.74, 6) is 0.447. The van der Waals surface area contributed by atoms with Crippen LogP contribution >= 0.6 is 11.6 Å². The van der Waals surface area contributed by atoms with Gasteiger partial charge in [0, 0.05) is 36.5 Å². The first kappa shape index (κ1) is 24.9. The molecule has 0 bridgehead atoms. The minimum atomic E-state index is -0.151. The molecule has 7 nitrogen and oxygen atoms in total. The summed E-state index contributed by atoms with van der Waals surface area (Å²) in [6.07, 6.45) is 3.54. The van der Waals surface area contributed by atoms with Crippen LogP contribution in [0.5, 0.6) is 0 Å². The summed E-state index contributed by atoms with van der Waals surface area (Å²) < 4.78 is 1.73. The molecule has 1 aliphatic rings. The van der Waals surface area contributed by atoms with Crippen molar-refractivity contribution in [2.24, 2.45) is 0 Å². The van der Waals surface area contributed by atoms with Crippen molar-refractivity contribution in [2.75, 3.05) is 31.5 Å². The van der Waals surface area contributed by atoms with Gasteiger partial charge in [-0.2, -0.15) is 5.10 Å². The third-order valence-electron chi connectivity index (χ3n) is 6.21. The number of hydrogen-bond acceptors (Lipinski definition) is 4. The van der Waals surface area contributed by atoms with Crippen LogP contribution in [0.4, 0.5) is 5.82 Å². The van der Waals surface area contributed by atoms with E-state index in [1.807, 2.05) is 49.4 Å². The van der Waals surface area contributed by atoms with E-state index < -0.39 is 0 Å². The molecular weight excluding hydrogens is 462 g/mol. The molecule has 4 rings (SSSR count). The van der Waals surface area contributed by atoms with Gasteiger partial charge in [0.25, 0.3) is 0 Å². The van der Waals surface area contributed by atoms with Gasteiger partial charge in [-0.15, -0.1) is 0 Å². The third kappa shape index (κ3) is 6.71. The monoisotopic (exact) mass is 493 g/mol. The van der Waals surface area contributed by atoms with Crippen LogP contribution in [0.1, 0.15) is 37.8 Å². The predicted octanol–water partition coefficient (Wildman–Crippen LogP) is 4.82. The molecule has 0 aliphatic carbocycles. The van der Waals surface area contributed by atoms with E-state index in [4.69, 9.17) is 16.7 Å². The van der Waals surface area contributed by atoms with Gasteiger partial charge in [0.05, 0.1) is 11.4 Å². The quantitative estimate of drug-likeness (QED) is 0.424. The van der Waals surface area contributed by atoms with E-state index in [0.717, 1.165) is 42.1 Å². The molecule has 1 aromatic heterocycles. The van der Waals surface area contributed by atoms with Gasteiger partial charge in [-0.05, 0) is 69.1 Å². The highest BCUT2D eigenvalue weighted by Crippen LogP contribution is 2.33. The molecule has 1 fully saturated rings. The Kier molecular flexibility index (Phi) is 8.55. The Morgan fingerprint density at radius 3 is 2.37 bits per heavy atom. The second-order valence-electron chi connectivity index (χ2n) is 8.86. The number of halogens is 1. The van der Waals surface area contributed by atoms with Crippen molar-refractivity contribution in [3.05, 3.63) is 65.3 Å². The zero-order valence-corrected chi connectivity index (χ0v) is 20.9. The molecule has 1 aliphatic heterocycles. The largest absolute Gasteiger partial charge is 0.355 e. The van der Waals surface area contributed by atoms with Gasteiger partial charge in [-0.3, -0.25) is 9.59 Å². The molecular formula is C27H32ClN5O2. The van der Waals surface area contributed by atoms with Crippen molar-refractivity contribution in [3.8, 4) is 16.8 Å². The molecule has 8 heteroatoms. The Bertz CT molecular complexity index is 1140. The number of amides is 2. The lowest BCUT2D eigenvalue weighted by Crippen LogP contribution is -2.33. The van der Waals surface area contributed by atoms with Gasteiger partial charge in [-0.1, -0.05) is 41.9 Å². The zero-order valence-electron chi connectivity index (χ0n) is 20.1. The SMILES string of the molecule is Cc1nn(-c2ccc(Cl)cc2)c(NC(=O)CCCC(=O)NCCN2CCCC2)c1-c1ccccc1. The van der Waals surface area contributed by atoms with Gasteiger partial charge < -0.3 is 15.5 Å². The second-order valence-corrected chi connectivity index (χ2v) is 9.30. The number of anilines is 1. The number of aryl methyl sites for hydroxylation is 1. The number of aromatic nitrogens is 2. The number of benzene rings is 2. The molecule has 0 unspecified atom stereocenters. The minimum Gasteiger partial charge on any atom is -0.355 e. The summed E-state index contributed by atoms with van der Waals surface area (Å²) in [6, 6.07) is 17.2. The first-order valence-corrected chi connectivity index (χ1v) is 12.6. The molecule has 2 heterocycles. The lowest BCUT2D eigenvalue weighted by molar-refractivity contribution is -0.121. The molecule has 2 amide bonds. The standard InChI is InChI=1S/C27H32ClN5O2/c1-20-26(21-8-3-2-4-9-21)27(33(31-20)23-14-12-22(28)13-15-23)30-25(35)11-7-10-24(34)29-16-19-32-17-5-6-18-32/h2-4,8-9,12-15H,5-7,10-11,16-19H2,1H3,(H,29,34)(H,30,35). The average Bonchev–Trinajstić information content (AvgIpc) is 3.48. The molecule has 3 aromatic rings. The fourth-order valence-corrected chi connectivity index (χ4v) is 4.54. The number of hydrogen-bond donors (Lipinski definition) is 2. The summed E-state index contributed by atoms with van der Waals surface area (Å²) in [7, 11) is 0. The Hall–Kier alpha value is -3.16. The van der Waals surface area contributed by atoms with Crippen molar-refractivity contribution in [1.82, 2.24) is 20.0 Å². The lowest BCUT2D eigenvalue weighted by Gasteiger charge is -2.14. The van der Waals surface area contributed by atoms with E-state index in [9.17, 15) is 9.59 Å². The van der Waals surface area contributed by atoms with Crippen molar-refractivity contribution >= 4 is 29.2 Å². The smallest absolute Gasteiger partial charge is 0.225 e. The fourth-order valence-electron chi connectivity index (χ4n) is 4.41. The maximum Gasteiger partial charge on any atom is 0.225 e. The van der Waals surface area contributed by atoms with Crippen LogP contribution in [0.25, 0.3) is 16.8 Å². The summed E-state index contributed by atoms with van der Waals surface area (Å²) in [5, 5.41) is 11.4. The number of carbonyl (C=O) groups excluding carboxylic acids is 2. The second kappa shape index (κ2) is 12.0. The van der Waals surface area contributed by atoms with Gasteiger partial charge in [-0.25, -0.2) is 4.68 Å². The van der Waals surface area contributed by atoms with Crippen LogP contribution in [-0.2, 0) is 9.59 Å². The highest BCUT2D eigenvalue weighted by atomic mass is 35.5. The third-order valence-corrected chi connectivity index (χ3v) is 6.46. The zero-order chi connectivity index (χ0) is 24.6. The van der Waals surface area contributed by atoms with Crippen LogP contribution in [0.2, 0.25) is 5.02 Å². The van der Waals surface area contributed by atoms with E-state index in [0.29, 0.717) is 30.2 Å². The molecule has 2 aromatic carbocycles. The molecule has 0 radical (unpaired) electrons. The topological polar surface area (TPSA) is 79.3 Å². The van der Waals surface area contributed by atoms with Gasteiger partial charge >= 0.3 is 0 Å². The summed E-state index contributed by atoms with van der Waals surface area (Å²) in [5.41, 5.74) is 3.44. The van der Waals surface area contributed by atoms with E-state index in [1.165, 1.54) is 12.8 Å². The molecule has 0 spiro atoms. The Morgan fingerprint density at radius 1 is 0.971 bits per heavy atom. The summed E-state index contributed by atoms with van der Waals surface area (Å²) in [4.78, 5) is 27.4. The highest BCUT2D eigenvalue weighted by Gasteiger charge is 2.20. The summed E-state index contributed by atoms with van der Waals surface area (Å²) in [6.45, 7) is 5.71. The normalized spacial score (nSPS) is 13.7. The van der Waals surface area contributed by atoms with Crippen molar-refractivity contribution in [3.63, 3.8) is 0 Å². The van der Waals surface area contributed by atoms with E-state index in [1.54, 1.807) is 16.8 Å². The van der Waals surface area contributed by atoms with Gasteiger partial charge in [0.15, 0.2) is 0 Å². The first-order chi connectivity index (χ1) is 17.0. The number of rotatable bonds is 10. The maximum absolute atomic E-state index is 12.9. The number of nitrogens with one attached hydrogen (secondary N) is 2. The Morgan fingerprint density at radius 2 is 1.66 bits per heavy atom. The number of nitrogens with zero attached hydrogens (tertiary/aromatic N) is 3. The van der Waals surface area contributed by atoms with Gasteiger partial charge in [0.1, 0.15) is 5.82 Å². The van der Waals surface area contributed by atoms with Crippen LogP contribution < -0.4 is 10.6 Å². The number of carbonyl (C=O) groups is 2. The molecule has 184 valence electrons.